The normalized spacial score (nSPS) is 11.3. The molecule has 0 saturated carbocycles. The average molecular weight is 312 g/mol. The largest absolute Gasteiger partial charge is 0.550 e. The number of halogens is 1. The Kier molecular flexibility index (Phi) is 3.68. The Labute approximate surface area is 113 Å². The second kappa shape index (κ2) is 5.07. The number of rotatable bonds is 4. The van der Waals surface area contributed by atoms with E-state index in [4.69, 9.17) is 0 Å². The van der Waals surface area contributed by atoms with Gasteiger partial charge < -0.3 is 14.8 Å². The highest BCUT2D eigenvalue weighted by Crippen LogP contribution is 2.17. The molecule has 0 atom stereocenters. The van der Waals surface area contributed by atoms with Crippen molar-refractivity contribution in [2.45, 2.75) is 13.0 Å². The third-order valence-electron chi connectivity index (χ3n) is 2.60. The van der Waals surface area contributed by atoms with Crippen LogP contribution >= 0.6 is 15.9 Å². The van der Waals surface area contributed by atoms with Gasteiger partial charge in [0.1, 0.15) is 17.9 Å². The number of imidazole rings is 1. The Hall–Kier alpha value is -1.40. The maximum Gasteiger partial charge on any atom is 0.137 e. The van der Waals surface area contributed by atoms with Crippen LogP contribution in [0.3, 0.4) is 0 Å². The molecule has 0 bridgehead atoms. The van der Waals surface area contributed by atoms with E-state index in [1.165, 1.54) is 4.90 Å². The second-order valence-electron chi connectivity index (χ2n) is 4.51. The van der Waals surface area contributed by atoms with Crippen LogP contribution in [0.2, 0.25) is 0 Å². The van der Waals surface area contributed by atoms with Crippen molar-refractivity contribution in [1.29, 1.82) is 0 Å². The van der Waals surface area contributed by atoms with Crippen LogP contribution in [-0.2, 0) is 17.8 Å². The van der Waals surface area contributed by atoms with Crippen molar-refractivity contribution in [1.82, 2.24) is 9.38 Å². The fourth-order valence-corrected chi connectivity index (χ4v) is 2.25. The van der Waals surface area contributed by atoms with Crippen LogP contribution in [0.25, 0.3) is 5.65 Å². The first kappa shape index (κ1) is 13.0. The molecule has 1 N–H and O–H groups in total. The summed E-state index contributed by atoms with van der Waals surface area (Å²) in [5, 5.41) is 10.8. The minimum absolute atomic E-state index is 0.151. The summed E-state index contributed by atoms with van der Waals surface area (Å²) in [6.07, 6.45) is 1.75. The molecule has 2 rings (SSSR count). The van der Waals surface area contributed by atoms with Crippen molar-refractivity contribution in [3.8, 4) is 0 Å². The number of fused-ring (bicyclic) bond motifs is 1. The number of pyridine rings is 1. The molecule has 2 heterocycles. The van der Waals surface area contributed by atoms with E-state index in [-0.39, 0.29) is 6.42 Å². The molecule has 0 aliphatic heterocycles. The molecule has 18 heavy (non-hydrogen) atoms. The van der Waals surface area contributed by atoms with Gasteiger partial charge >= 0.3 is 0 Å². The summed E-state index contributed by atoms with van der Waals surface area (Å²) in [5.41, 5.74) is 2.25. The third-order valence-corrected chi connectivity index (χ3v) is 3.07. The van der Waals surface area contributed by atoms with E-state index in [0.29, 0.717) is 12.2 Å². The van der Waals surface area contributed by atoms with E-state index < -0.39 is 5.97 Å². The van der Waals surface area contributed by atoms with Gasteiger partial charge in [0.2, 0.25) is 0 Å². The predicted octanol–water partition coefficient (Wildman–Crippen LogP) is -0.966. The van der Waals surface area contributed by atoms with Crippen LogP contribution in [0.15, 0.2) is 22.8 Å². The minimum atomic E-state index is -1.10. The lowest BCUT2D eigenvalue weighted by molar-refractivity contribution is -0.873. The molecule has 5 nitrogen and oxygen atoms in total. The maximum absolute atomic E-state index is 10.8. The monoisotopic (exact) mass is 311 g/mol. The number of carboxylic acid groups (broad SMARTS) is 1. The smallest absolute Gasteiger partial charge is 0.137 e. The topological polar surface area (TPSA) is 61.9 Å². The van der Waals surface area contributed by atoms with Gasteiger partial charge in [-0.3, -0.25) is 4.40 Å². The lowest BCUT2D eigenvalue weighted by Crippen LogP contribution is -3.04. The van der Waals surface area contributed by atoms with Gasteiger partial charge in [0.15, 0.2) is 0 Å². The molecule has 2 aromatic rings. The first-order chi connectivity index (χ1) is 8.47. The van der Waals surface area contributed by atoms with Crippen LogP contribution in [0, 0.1) is 0 Å². The zero-order valence-corrected chi connectivity index (χ0v) is 11.8. The van der Waals surface area contributed by atoms with E-state index in [1.54, 1.807) is 0 Å². The highest BCUT2D eigenvalue weighted by atomic mass is 79.9. The standard InChI is InChI=1S/C12H14BrN3O2/c1-15(2)7-10-9(5-12(17)18)14-11-4-3-8(13)6-16(10)11/h3-4,6H,5,7H2,1-2H3,(H,17,18). The lowest BCUT2D eigenvalue weighted by atomic mass is 10.2. The molecule has 0 saturated heterocycles. The summed E-state index contributed by atoms with van der Waals surface area (Å²) in [7, 11) is 4.03. The molecule has 0 aromatic carbocycles. The van der Waals surface area contributed by atoms with Gasteiger partial charge in [-0.15, -0.1) is 0 Å². The molecule has 0 spiro atoms. The third kappa shape index (κ3) is 2.70. The van der Waals surface area contributed by atoms with Crippen molar-refractivity contribution in [3.63, 3.8) is 0 Å². The lowest BCUT2D eigenvalue weighted by Gasteiger charge is -2.09. The summed E-state index contributed by atoms with van der Waals surface area (Å²) in [6, 6.07) is 3.74. The van der Waals surface area contributed by atoms with Gasteiger partial charge in [-0.2, -0.15) is 0 Å². The van der Waals surface area contributed by atoms with E-state index in [1.807, 2.05) is 36.8 Å². The minimum Gasteiger partial charge on any atom is -0.550 e. The molecule has 6 heteroatoms. The number of carbonyl (C=O) groups is 1. The van der Waals surface area contributed by atoms with Crippen LogP contribution in [0.1, 0.15) is 11.4 Å². The van der Waals surface area contributed by atoms with Crippen LogP contribution in [0.5, 0.6) is 0 Å². The quantitative estimate of drug-likeness (QED) is 0.790. The molecule has 0 radical (unpaired) electrons. The van der Waals surface area contributed by atoms with Crippen molar-refractivity contribution < 1.29 is 14.8 Å². The van der Waals surface area contributed by atoms with Gasteiger partial charge in [-0.05, 0) is 28.1 Å². The fourth-order valence-electron chi connectivity index (χ4n) is 1.92. The number of hydrogen-bond donors (Lipinski definition) is 1. The highest BCUT2D eigenvalue weighted by Gasteiger charge is 2.15. The van der Waals surface area contributed by atoms with Gasteiger partial charge in [0.25, 0.3) is 0 Å². The van der Waals surface area contributed by atoms with Gasteiger partial charge in [-0.1, -0.05) is 0 Å². The SMILES string of the molecule is C[NH+](C)Cc1c(CC(=O)[O-])nc2ccc(Br)cn12. The zero-order valence-electron chi connectivity index (χ0n) is 10.2. The number of carbonyl (C=O) groups excluding carboxylic acids is 1. The van der Waals surface area contributed by atoms with E-state index in [9.17, 15) is 9.90 Å². The van der Waals surface area contributed by atoms with Crippen molar-refractivity contribution in [3.05, 3.63) is 34.2 Å². The predicted molar refractivity (Wildman–Crippen MR) is 68.1 cm³/mol. The summed E-state index contributed by atoms with van der Waals surface area (Å²) in [5.74, 6) is -1.10. The number of quaternary nitrogens is 1. The molecule has 96 valence electrons. The average Bonchev–Trinajstić information content (AvgIpc) is 2.55. The molecular formula is C12H14BrN3O2. The Morgan fingerprint density at radius 1 is 1.50 bits per heavy atom. The van der Waals surface area contributed by atoms with E-state index >= 15 is 0 Å². The summed E-state index contributed by atoms with van der Waals surface area (Å²) < 4.78 is 2.86. The van der Waals surface area contributed by atoms with Gasteiger partial charge in [-0.25, -0.2) is 4.98 Å². The number of carboxylic acids is 1. The molecular weight excluding hydrogens is 298 g/mol. The Morgan fingerprint density at radius 2 is 2.22 bits per heavy atom. The number of nitrogens with one attached hydrogen (secondary N) is 1. The summed E-state index contributed by atoms with van der Waals surface area (Å²) in [6.45, 7) is 0.709. The second-order valence-corrected chi connectivity index (χ2v) is 5.43. The Balaban J connectivity index is 2.57. The number of aliphatic carboxylic acids is 1. The highest BCUT2D eigenvalue weighted by molar-refractivity contribution is 9.10. The zero-order chi connectivity index (χ0) is 13.3. The number of aromatic nitrogens is 2. The van der Waals surface area contributed by atoms with Crippen molar-refractivity contribution in [2.24, 2.45) is 0 Å². The number of nitrogens with zero attached hydrogens (tertiary/aromatic N) is 2. The van der Waals surface area contributed by atoms with Crippen LogP contribution < -0.4 is 10.0 Å². The molecule has 0 fully saturated rings. The molecule has 0 aliphatic rings. The Bertz CT molecular complexity index is 592. The van der Waals surface area contributed by atoms with Gasteiger partial charge in [0.05, 0.1) is 19.8 Å². The number of hydrogen-bond acceptors (Lipinski definition) is 3. The summed E-state index contributed by atoms with van der Waals surface area (Å²) in [4.78, 5) is 16.3. The van der Waals surface area contributed by atoms with E-state index in [2.05, 4.69) is 20.9 Å². The van der Waals surface area contributed by atoms with Crippen LogP contribution in [-0.4, -0.2) is 29.4 Å². The first-order valence-electron chi connectivity index (χ1n) is 5.61. The van der Waals surface area contributed by atoms with Crippen molar-refractivity contribution in [2.75, 3.05) is 14.1 Å². The Morgan fingerprint density at radius 3 is 2.83 bits per heavy atom. The van der Waals surface area contributed by atoms with Gasteiger partial charge in [0, 0.05) is 23.1 Å². The van der Waals surface area contributed by atoms with Crippen LogP contribution in [0.4, 0.5) is 0 Å². The fraction of sp³-hybridized carbons (Fsp3) is 0.333. The molecule has 0 unspecified atom stereocenters. The van der Waals surface area contributed by atoms with E-state index in [0.717, 1.165) is 15.8 Å². The van der Waals surface area contributed by atoms with Crippen molar-refractivity contribution >= 4 is 27.5 Å². The molecule has 2 aromatic heterocycles. The first-order valence-corrected chi connectivity index (χ1v) is 6.41. The molecule has 0 aliphatic carbocycles. The summed E-state index contributed by atoms with van der Waals surface area (Å²) >= 11 is 3.41. The maximum atomic E-state index is 10.8. The molecule has 0 amide bonds.